The van der Waals surface area contributed by atoms with Gasteiger partial charge >= 0.3 is 0 Å². The fourth-order valence-corrected chi connectivity index (χ4v) is 1.53. The van der Waals surface area contributed by atoms with Gasteiger partial charge in [-0.25, -0.2) is 8.78 Å². The van der Waals surface area contributed by atoms with Crippen molar-refractivity contribution >= 4 is 22.6 Å². The lowest BCUT2D eigenvalue weighted by Crippen LogP contribution is -2.11. The zero-order chi connectivity index (χ0) is 10.0. The highest BCUT2D eigenvalue weighted by atomic mass is 127. The lowest BCUT2D eigenvalue weighted by Gasteiger charge is -2.02. The summed E-state index contributed by atoms with van der Waals surface area (Å²) in [6, 6.07) is 2.36. The van der Waals surface area contributed by atoms with Gasteiger partial charge in [-0.2, -0.15) is 5.26 Å². The number of hydrogen-bond donors (Lipinski definition) is 1. The zero-order valence-corrected chi connectivity index (χ0v) is 8.30. The summed E-state index contributed by atoms with van der Waals surface area (Å²) in [5, 5.41) is 8.53. The summed E-state index contributed by atoms with van der Waals surface area (Å²) in [4.78, 5) is 13.0. The van der Waals surface area contributed by atoms with Gasteiger partial charge in [0.15, 0.2) is 0 Å². The van der Waals surface area contributed by atoms with E-state index in [9.17, 15) is 13.6 Å². The third-order valence-corrected chi connectivity index (χ3v) is 2.18. The number of hydrogen-bond acceptors (Lipinski definition) is 2. The van der Waals surface area contributed by atoms with E-state index < -0.39 is 17.5 Å². The van der Waals surface area contributed by atoms with Gasteiger partial charge in [-0.05, 0) is 22.6 Å². The van der Waals surface area contributed by atoms with E-state index in [1.54, 1.807) is 28.7 Å². The van der Waals surface area contributed by atoms with Crippen molar-refractivity contribution < 1.29 is 8.78 Å². The minimum Gasteiger partial charge on any atom is -0.316 e. The lowest BCUT2D eigenvalue weighted by molar-refractivity contribution is 0.150. The molecule has 0 amide bonds. The van der Waals surface area contributed by atoms with Gasteiger partial charge in [0.1, 0.15) is 6.07 Å². The number of aromatic nitrogens is 1. The Labute approximate surface area is 85.5 Å². The van der Waals surface area contributed by atoms with Crippen molar-refractivity contribution in [3.05, 3.63) is 31.2 Å². The maximum atomic E-state index is 12.3. The molecule has 0 atom stereocenters. The van der Waals surface area contributed by atoms with Crippen LogP contribution in [-0.4, -0.2) is 4.98 Å². The van der Waals surface area contributed by atoms with Gasteiger partial charge in [-0.3, -0.25) is 4.79 Å². The van der Waals surface area contributed by atoms with Crippen LogP contribution >= 0.6 is 22.6 Å². The van der Waals surface area contributed by atoms with Crippen LogP contribution in [0.1, 0.15) is 17.6 Å². The molecule has 0 fully saturated rings. The van der Waals surface area contributed by atoms with Gasteiger partial charge in [-0.1, -0.05) is 0 Å². The van der Waals surface area contributed by atoms with Crippen LogP contribution in [0.2, 0.25) is 0 Å². The number of nitrogens with zero attached hydrogens (tertiary/aromatic N) is 1. The molecule has 13 heavy (non-hydrogen) atoms. The van der Waals surface area contributed by atoms with E-state index >= 15 is 0 Å². The first-order valence-electron chi connectivity index (χ1n) is 3.17. The average Bonchev–Trinajstić information content (AvgIpc) is 2.02. The molecule has 0 saturated carbocycles. The minimum atomic E-state index is -2.80. The van der Waals surface area contributed by atoms with Crippen LogP contribution in [0.5, 0.6) is 0 Å². The van der Waals surface area contributed by atoms with Gasteiger partial charge in [0.05, 0.1) is 9.26 Å². The zero-order valence-electron chi connectivity index (χ0n) is 6.14. The normalized spacial score (nSPS) is 10.1. The Kier molecular flexibility index (Phi) is 2.98. The van der Waals surface area contributed by atoms with Gasteiger partial charge in [0.25, 0.3) is 6.43 Å². The van der Waals surface area contributed by atoms with E-state index in [4.69, 9.17) is 5.26 Å². The molecule has 0 aliphatic heterocycles. The molecular weight excluding hydrogens is 293 g/mol. The van der Waals surface area contributed by atoms with Crippen LogP contribution in [0.3, 0.4) is 0 Å². The monoisotopic (exact) mass is 296 g/mol. The number of aromatic amines is 1. The quantitative estimate of drug-likeness (QED) is 0.634. The van der Waals surface area contributed by atoms with Crippen LogP contribution in [0.25, 0.3) is 0 Å². The molecular formula is C7H3F2IN2O. The first-order valence-corrected chi connectivity index (χ1v) is 4.25. The molecule has 0 aliphatic carbocycles. The van der Waals surface area contributed by atoms with Crippen molar-refractivity contribution in [3.8, 4) is 6.07 Å². The highest BCUT2D eigenvalue weighted by molar-refractivity contribution is 14.1. The largest absolute Gasteiger partial charge is 0.316 e. The fourth-order valence-electron chi connectivity index (χ4n) is 0.833. The molecule has 0 radical (unpaired) electrons. The Hall–Kier alpha value is -0.970. The van der Waals surface area contributed by atoms with Gasteiger partial charge in [-0.15, -0.1) is 0 Å². The van der Waals surface area contributed by atoms with Crippen LogP contribution < -0.4 is 5.56 Å². The van der Waals surface area contributed by atoms with E-state index in [0.29, 0.717) is 0 Å². The fraction of sp³-hybridized carbons (Fsp3) is 0.143. The predicted molar refractivity (Wildman–Crippen MR) is 49.5 cm³/mol. The second-order valence-corrected chi connectivity index (χ2v) is 3.27. The molecule has 0 unspecified atom stereocenters. The van der Waals surface area contributed by atoms with E-state index in [0.717, 1.165) is 6.07 Å². The smallest absolute Gasteiger partial charge is 0.265 e. The van der Waals surface area contributed by atoms with Gasteiger partial charge in [0, 0.05) is 11.6 Å². The molecule has 1 rings (SSSR count). The second kappa shape index (κ2) is 3.83. The molecule has 3 nitrogen and oxygen atoms in total. The van der Waals surface area contributed by atoms with Crippen LogP contribution in [-0.2, 0) is 0 Å². The maximum Gasteiger partial charge on any atom is 0.265 e. The second-order valence-electron chi connectivity index (χ2n) is 2.19. The number of rotatable bonds is 1. The van der Waals surface area contributed by atoms with E-state index in [1.165, 1.54) is 0 Å². The molecule has 0 aromatic carbocycles. The lowest BCUT2D eigenvalue weighted by atomic mass is 10.1. The van der Waals surface area contributed by atoms with E-state index in [-0.39, 0.29) is 9.26 Å². The Morgan fingerprint density at radius 1 is 1.62 bits per heavy atom. The van der Waals surface area contributed by atoms with E-state index in [1.807, 2.05) is 0 Å². The first-order chi connectivity index (χ1) is 6.06. The highest BCUT2D eigenvalue weighted by Crippen LogP contribution is 2.22. The van der Waals surface area contributed by atoms with Crippen molar-refractivity contribution in [2.24, 2.45) is 0 Å². The van der Waals surface area contributed by atoms with Crippen molar-refractivity contribution in [3.63, 3.8) is 0 Å². The molecule has 0 aliphatic rings. The Morgan fingerprint density at radius 3 is 2.69 bits per heavy atom. The van der Waals surface area contributed by atoms with Crippen molar-refractivity contribution in [2.45, 2.75) is 6.43 Å². The molecule has 1 N–H and O–H groups in total. The van der Waals surface area contributed by atoms with Crippen molar-refractivity contribution in [1.29, 1.82) is 5.26 Å². The van der Waals surface area contributed by atoms with Crippen LogP contribution in [0, 0.1) is 15.0 Å². The number of nitriles is 1. The molecule has 1 heterocycles. The summed E-state index contributed by atoms with van der Waals surface area (Å²) in [7, 11) is 0. The summed E-state index contributed by atoms with van der Waals surface area (Å²) in [5.74, 6) is 0. The SMILES string of the molecule is N#Cc1c(C(F)F)cc(=O)[nH]c1I. The Bertz CT molecular complexity index is 421. The summed E-state index contributed by atoms with van der Waals surface area (Å²) in [6.45, 7) is 0. The molecule has 1 aromatic heterocycles. The number of H-pyrrole nitrogens is 1. The molecule has 6 heteroatoms. The first kappa shape index (κ1) is 10.1. The summed E-state index contributed by atoms with van der Waals surface area (Å²) >= 11 is 1.63. The summed E-state index contributed by atoms with van der Waals surface area (Å²) in [5.41, 5.74) is -1.32. The van der Waals surface area contributed by atoms with Crippen LogP contribution in [0.15, 0.2) is 10.9 Å². The number of halogens is 3. The Balaban J connectivity index is 3.50. The van der Waals surface area contributed by atoms with E-state index in [2.05, 4.69) is 4.98 Å². The van der Waals surface area contributed by atoms with Crippen molar-refractivity contribution in [2.75, 3.05) is 0 Å². The molecule has 0 spiro atoms. The van der Waals surface area contributed by atoms with Crippen molar-refractivity contribution in [1.82, 2.24) is 4.98 Å². The topological polar surface area (TPSA) is 56.6 Å². The van der Waals surface area contributed by atoms with Gasteiger partial charge < -0.3 is 4.98 Å². The third-order valence-electron chi connectivity index (χ3n) is 1.37. The van der Waals surface area contributed by atoms with Crippen LogP contribution in [0.4, 0.5) is 8.78 Å². The number of pyridine rings is 1. The Morgan fingerprint density at radius 2 is 2.23 bits per heavy atom. The predicted octanol–water partition coefficient (Wildman–Crippen LogP) is 1.79. The number of alkyl halides is 2. The standard InChI is InChI=1S/C7H3F2IN2O/c8-6(9)3-1-5(13)12-7(10)4(3)2-11/h1,6H,(H,12,13). The van der Waals surface area contributed by atoms with Gasteiger partial charge in [0.2, 0.25) is 5.56 Å². The summed E-state index contributed by atoms with van der Waals surface area (Å²) < 4.78 is 24.7. The molecule has 68 valence electrons. The molecule has 0 saturated heterocycles. The third kappa shape index (κ3) is 2.03. The molecule has 0 bridgehead atoms. The summed E-state index contributed by atoms with van der Waals surface area (Å²) in [6.07, 6.45) is -2.80. The highest BCUT2D eigenvalue weighted by Gasteiger charge is 2.16. The maximum absolute atomic E-state index is 12.3. The number of nitrogens with one attached hydrogen (secondary N) is 1. The molecule has 1 aromatic rings. The minimum absolute atomic E-state index is 0.142. The average molecular weight is 296 g/mol.